The predicted octanol–water partition coefficient (Wildman–Crippen LogP) is 2.38. The van der Waals surface area contributed by atoms with E-state index in [1.807, 2.05) is 0 Å². The molecule has 0 heterocycles. The fraction of sp³-hybridized carbons (Fsp3) is 0.364. The first-order chi connectivity index (χ1) is 8.54. The minimum Gasteiger partial charge on any atom is -0.481 e. The average molecular weight is 341 g/mol. The molecule has 1 amide bonds. The van der Waals surface area contributed by atoms with Crippen LogP contribution in [-0.2, 0) is 9.53 Å². The summed E-state index contributed by atoms with van der Waals surface area (Å²) in [5, 5.41) is 2.69. The molecule has 0 aliphatic carbocycles. The SMILES string of the molecule is COCCNC(=O)COc1c(Cl)cc(F)cc1Br. The number of carbonyl (C=O) groups is 1. The van der Waals surface area contributed by atoms with Crippen molar-refractivity contribution in [3.05, 3.63) is 27.4 Å². The van der Waals surface area contributed by atoms with Crippen LogP contribution in [0, 0.1) is 5.82 Å². The molecule has 0 fully saturated rings. The number of hydrogen-bond donors (Lipinski definition) is 1. The van der Waals surface area contributed by atoms with E-state index in [4.69, 9.17) is 21.1 Å². The Hall–Kier alpha value is -0.850. The van der Waals surface area contributed by atoms with Crippen LogP contribution in [0.5, 0.6) is 5.75 Å². The molecule has 0 spiro atoms. The van der Waals surface area contributed by atoms with Gasteiger partial charge in [0.05, 0.1) is 16.1 Å². The Morgan fingerprint density at radius 3 is 2.89 bits per heavy atom. The molecule has 1 aromatic carbocycles. The van der Waals surface area contributed by atoms with Crippen LogP contribution in [-0.4, -0.2) is 32.8 Å². The third-order valence-electron chi connectivity index (χ3n) is 1.94. The lowest BCUT2D eigenvalue weighted by atomic mass is 10.3. The standard InChI is InChI=1S/C11H12BrClFNO3/c1-17-3-2-15-10(16)6-18-11-8(12)4-7(14)5-9(11)13/h4-5H,2-3,6H2,1H3,(H,15,16). The Morgan fingerprint density at radius 1 is 1.56 bits per heavy atom. The zero-order valence-corrected chi connectivity index (χ0v) is 12.0. The summed E-state index contributed by atoms with van der Waals surface area (Å²) < 4.78 is 23.3. The van der Waals surface area contributed by atoms with Gasteiger partial charge in [-0.1, -0.05) is 11.6 Å². The fourth-order valence-corrected chi connectivity index (χ4v) is 2.07. The highest BCUT2D eigenvalue weighted by atomic mass is 79.9. The molecule has 0 saturated heterocycles. The van der Waals surface area contributed by atoms with E-state index in [-0.39, 0.29) is 23.3 Å². The van der Waals surface area contributed by atoms with Crippen LogP contribution in [0.15, 0.2) is 16.6 Å². The second-order valence-corrected chi connectivity index (χ2v) is 4.59. The number of ether oxygens (including phenoxy) is 2. The molecule has 1 N–H and O–H groups in total. The summed E-state index contributed by atoms with van der Waals surface area (Å²) >= 11 is 8.91. The van der Waals surface area contributed by atoms with Gasteiger partial charge in [0.25, 0.3) is 5.91 Å². The molecule has 0 atom stereocenters. The van der Waals surface area contributed by atoms with E-state index in [1.54, 1.807) is 0 Å². The zero-order valence-electron chi connectivity index (χ0n) is 9.63. The van der Waals surface area contributed by atoms with Crippen molar-refractivity contribution in [1.82, 2.24) is 5.32 Å². The third kappa shape index (κ3) is 4.80. The van der Waals surface area contributed by atoms with E-state index >= 15 is 0 Å². The van der Waals surface area contributed by atoms with Crippen molar-refractivity contribution in [2.75, 3.05) is 26.9 Å². The van der Waals surface area contributed by atoms with Gasteiger partial charge in [-0.25, -0.2) is 4.39 Å². The molecule has 0 bridgehead atoms. The van der Waals surface area contributed by atoms with Crippen LogP contribution in [0.3, 0.4) is 0 Å². The lowest BCUT2D eigenvalue weighted by molar-refractivity contribution is -0.123. The largest absolute Gasteiger partial charge is 0.481 e. The van der Waals surface area contributed by atoms with E-state index in [0.717, 1.165) is 6.07 Å². The first-order valence-electron chi connectivity index (χ1n) is 5.07. The van der Waals surface area contributed by atoms with Crippen molar-refractivity contribution in [1.29, 1.82) is 0 Å². The summed E-state index contributed by atoms with van der Waals surface area (Å²) in [5.41, 5.74) is 0. The third-order valence-corrected chi connectivity index (χ3v) is 2.81. The van der Waals surface area contributed by atoms with Crippen molar-refractivity contribution in [2.45, 2.75) is 0 Å². The summed E-state index contributed by atoms with van der Waals surface area (Å²) in [6.07, 6.45) is 0. The fourth-order valence-electron chi connectivity index (χ4n) is 1.15. The van der Waals surface area contributed by atoms with E-state index in [9.17, 15) is 9.18 Å². The summed E-state index contributed by atoms with van der Waals surface area (Å²) in [6.45, 7) is 0.622. The van der Waals surface area contributed by atoms with Gasteiger partial charge in [-0.05, 0) is 28.1 Å². The minimum atomic E-state index is -0.483. The van der Waals surface area contributed by atoms with Gasteiger partial charge in [0.2, 0.25) is 0 Å². The lowest BCUT2D eigenvalue weighted by Crippen LogP contribution is -2.31. The van der Waals surface area contributed by atoms with Crippen LogP contribution in [0.4, 0.5) is 4.39 Å². The van der Waals surface area contributed by atoms with Gasteiger partial charge in [0, 0.05) is 13.7 Å². The highest BCUT2D eigenvalue weighted by Gasteiger charge is 2.11. The van der Waals surface area contributed by atoms with Gasteiger partial charge in [-0.2, -0.15) is 0 Å². The average Bonchev–Trinajstić information content (AvgIpc) is 2.27. The van der Waals surface area contributed by atoms with E-state index in [2.05, 4.69) is 21.2 Å². The molecule has 0 saturated carbocycles. The van der Waals surface area contributed by atoms with Crippen LogP contribution in [0.1, 0.15) is 0 Å². The maximum absolute atomic E-state index is 12.9. The molecule has 7 heteroatoms. The number of nitrogens with one attached hydrogen (secondary N) is 1. The molecule has 18 heavy (non-hydrogen) atoms. The monoisotopic (exact) mass is 339 g/mol. The van der Waals surface area contributed by atoms with Gasteiger partial charge >= 0.3 is 0 Å². The molecule has 0 radical (unpaired) electrons. The second kappa shape index (κ2) is 7.56. The van der Waals surface area contributed by atoms with Crippen molar-refractivity contribution in [3.8, 4) is 5.75 Å². The van der Waals surface area contributed by atoms with E-state index in [0.29, 0.717) is 17.6 Å². The molecular formula is C11H12BrClFNO3. The highest BCUT2D eigenvalue weighted by Crippen LogP contribution is 2.33. The summed E-state index contributed by atoms with van der Waals surface area (Å²) in [6, 6.07) is 2.33. The molecule has 1 aromatic rings. The number of amides is 1. The topological polar surface area (TPSA) is 47.6 Å². The van der Waals surface area contributed by atoms with Crippen LogP contribution < -0.4 is 10.1 Å². The molecule has 0 aliphatic heterocycles. The highest BCUT2D eigenvalue weighted by molar-refractivity contribution is 9.10. The van der Waals surface area contributed by atoms with Gasteiger partial charge < -0.3 is 14.8 Å². The predicted molar refractivity (Wildman–Crippen MR) is 69.5 cm³/mol. The Bertz CT molecular complexity index is 408. The number of methoxy groups -OCH3 is 1. The normalized spacial score (nSPS) is 10.2. The van der Waals surface area contributed by atoms with Crippen molar-refractivity contribution < 1.29 is 18.7 Å². The van der Waals surface area contributed by atoms with Crippen LogP contribution in [0.2, 0.25) is 5.02 Å². The first-order valence-corrected chi connectivity index (χ1v) is 6.24. The molecular weight excluding hydrogens is 328 g/mol. The summed E-state index contributed by atoms with van der Waals surface area (Å²) in [4.78, 5) is 11.4. The Kier molecular flexibility index (Phi) is 6.38. The molecule has 100 valence electrons. The Labute approximate surface area is 118 Å². The molecule has 0 aromatic heterocycles. The van der Waals surface area contributed by atoms with Gasteiger partial charge in [-0.3, -0.25) is 4.79 Å². The number of hydrogen-bond acceptors (Lipinski definition) is 3. The van der Waals surface area contributed by atoms with E-state index in [1.165, 1.54) is 13.2 Å². The van der Waals surface area contributed by atoms with Crippen LogP contribution >= 0.6 is 27.5 Å². The second-order valence-electron chi connectivity index (χ2n) is 3.33. The Morgan fingerprint density at radius 2 is 2.28 bits per heavy atom. The van der Waals surface area contributed by atoms with Gasteiger partial charge in [-0.15, -0.1) is 0 Å². The molecule has 0 unspecified atom stereocenters. The lowest BCUT2D eigenvalue weighted by Gasteiger charge is -2.10. The van der Waals surface area contributed by atoms with Crippen LogP contribution in [0.25, 0.3) is 0 Å². The smallest absolute Gasteiger partial charge is 0.258 e. The first kappa shape index (κ1) is 15.2. The summed E-state index contributed by atoms with van der Waals surface area (Å²) in [5.74, 6) is -0.553. The molecule has 0 aliphatic rings. The number of halogens is 3. The van der Waals surface area contributed by atoms with Gasteiger partial charge in [0.15, 0.2) is 12.4 Å². The number of benzene rings is 1. The van der Waals surface area contributed by atoms with Crippen molar-refractivity contribution in [2.24, 2.45) is 0 Å². The van der Waals surface area contributed by atoms with Crippen molar-refractivity contribution >= 4 is 33.4 Å². The zero-order chi connectivity index (χ0) is 13.5. The Balaban J connectivity index is 2.51. The van der Waals surface area contributed by atoms with E-state index < -0.39 is 5.82 Å². The molecule has 1 rings (SSSR count). The maximum atomic E-state index is 12.9. The quantitative estimate of drug-likeness (QED) is 0.809. The van der Waals surface area contributed by atoms with Crippen molar-refractivity contribution in [3.63, 3.8) is 0 Å². The number of rotatable bonds is 6. The number of carbonyl (C=O) groups excluding carboxylic acids is 1. The van der Waals surface area contributed by atoms with Gasteiger partial charge in [0.1, 0.15) is 5.82 Å². The summed E-state index contributed by atoms with van der Waals surface area (Å²) in [7, 11) is 1.54. The minimum absolute atomic E-state index is 0.103. The maximum Gasteiger partial charge on any atom is 0.258 e. The molecule has 4 nitrogen and oxygen atoms in total.